The van der Waals surface area contributed by atoms with Gasteiger partial charge in [0.25, 0.3) is 0 Å². The zero-order valence-electron chi connectivity index (χ0n) is 14.7. The fourth-order valence-electron chi connectivity index (χ4n) is 3.15. The van der Waals surface area contributed by atoms with E-state index in [0.29, 0.717) is 5.92 Å². The van der Waals surface area contributed by atoms with E-state index in [1.807, 2.05) is 0 Å². The molecule has 1 unspecified atom stereocenters. The third kappa shape index (κ3) is 6.18. The number of carbonyl (C=O) groups is 1. The van der Waals surface area contributed by atoms with Gasteiger partial charge in [-0.05, 0) is 55.9 Å². The first kappa shape index (κ1) is 20.5. The summed E-state index contributed by atoms with van der Waals surface area (Å²) in [7, 11) is 0. The topological polar surface area (TPSA) is 35.5 Å². The Kier molecular flexibility index (Phi) is 7.29. The highest BCUT2D eigenvalue weighted by Gasteiger charge is 2.42. The number of carbonyl (C=O) groups excluding carboxylic acids is 1. The van der Waals surface area contributed by atoms with Crippen molar-refractivity contribution in [2.24, 2.45) is 11.8 Å². The maximum atomic E-state index is 12.8. The standard InChI is InChI=1S/C19H24F4O3/c1-2-3-4-13-5-7-14(8-6-13)17(24)25-15-9-11-16(12-10-15)26-18(20)19(21,22)23/h9-14,18H,2-8H2,1H3/t13-,14-,18?. The summed E-state index contributed by atoms with van der Waals surface area (Å²) in [5.74, 6) is 0.122. The molecule has 0 heterocycles. The number of halogens is 4. The van der Waals surface area contributed by atoms with Crippen LogP contribution in [0.1, 0.15) is 51.9 Å². The number of hydrogen-bond acceptors (Lipinski definition) is 3. The van der Waals surface area contributed by atoms with Gasteiger partial charge in [-0.25, -0.2) is 0 Å². The first-order chi connectivity index (χ1) is 12.3. The summed E-state index contributed by atoms with van der Waals surface area (Å²) in [4.78, 5) is 12.2. The molecule has 1 aliphatic rings. The number of benzene rings is 1. The minimum atomic E-state index is -5.08. The SMILES string of the molecule is CCCC[C@H]1CC[C@H](C(=O)Oc2ccc(OC(F)C(F)(F)F)cc2)CC1. The van der Waals surface area contributed by atoms with Crippen molar-refractivity contribution in [3.05, 3.63) is 24.3 Å². The van der Waals surface area contributed by atoms with Crippen LogP contribution in [0.3, 0.4) is 0 Å². The molecule has 0 spiro atoms. The minimum Gasteiger partial charge on any atom is -0.452 e. The fraction of sp³-hybridized carbons (Fsp3) is 0.632. The van der Waals surface area contributed by atoms with Crippen LogP contribution in [0, 0.1) is 11.8 Å². The lowest BCUT2D eigenvalue weighted by molar-refractivity contribution is -0.236. The Bertz CT molecular complexity index is 563. The van der Waals surface area contributed by atoms with Crippen molar-refractivity contribution < 1.29 is 31.8 Å². The molecule has 2 rings (SSSR count). The molecular weight excluding hydrogens is 352 g/mol. The van der Waals surface area contributed by atoms with E-state index in [4.69, 9.17) is 4.74 Å². The van der Waals surface area contributed by atoms with Gasteiger partial charge in [0.05, 0.1) is 5.92 Å². The Labute approximate surface area is 150 Å². The van der Waals surface area contributed by atoms with E-state index in [1.54, 1.807) is 0 Å². The monoisotopic (exact) mass is 376 g/mol. The van der Waals surface area contributed by atoms with Crippen LogP contribution in [0.4, 0.5) is 17.6 Å². The number of rotatable bonds is 7. The molecule has 7 heteroatoms. The van der Waals surface area contributed by atoms with E-state index in [2.05, 4.69) is 11.7 Å². The van der Waals surface area contributed by atoms with E-state index in [1.165, 1.54) is 31.4 Å². The second-order valence-corrected chi connectivity index (χ2v) is 6.73. The maximum Gasteiger partial charge on any atom is 0.457 e. The van der Waals surface area contributed by atoms with Gasteiger partial charge in [0.1, 0.15) is 11.5 Å². The molecule has 0 bridgehead atoms. The summed E-state index contributed by atoms with van der Waals surface area (Å²) < 4.78 is 58.6. The molecule has 0 radical (unpaired) electrons. The molecule has 1 saturated carbocycles. The molecule has 0 amide bonds. The summed E-state index contributed by atoms with van der Waals surface area (Å²) in [5, 5.41) is 0. The van der Waals surface area contributed by atoms with Gasteiger partial charge in [-0.15, -0.1) is 0 Å². The van der Waals surface area contributed by atoms with Crippen LogP contribution in [0.15, 0.2) is 24.3 Å². The molecule has 0 aromatic heterocycles. The zero-order valence-corrected chi connectivity index (χ0v) is 14.7. The van der Waals surface area contributed by atoms with Crippen LogP contribution < -0.4 is 9.47 Å². The Balaban J connectivity index is 1.81. The third-order valence-electron chi connectivity index (χ3n) is 4.69. The van der Waals surface area contributed by atoms with E-state index >= 15 is 0 Å². The van der Waals surface area contributed by atoms with Crippen LogP contribution in [0.25, 0.3) is 0 Å². The predicted octanol–water partition coefficient (Wildman–Crippen LogP) is 5.83. The lowest BCUT2D eigenvalue weighted by Gasteiger charge is -2.27. The molecule has 1 aliphatic carbocycles. The van der Waals surface area contributed by atoms with Gasteiger partial charge < -0.3 is 9.47 Å². The van der Waals surface area contributed by atoms with Crippen LogP contribution in [-0.4, -0.2) is 18.5 Å². The van der Waals surface area contributed by atoms with Gasteiger partial charge in [0.2, 0.25) is 0 Å². The highest BCUT2D eigenvalue weighted by molar-refractivity contribution is 5.75. The smallest absolute Gasteiger partial charge is 0.452 e. The quantitative estimate of drug-likeness (QED) is 0.341. The van der Waals surface area contributed by atoms with E-state index in [0.717, 1.165) is 37.8 Å². The van der Waals surface area contributed by atoms with Crippen molar-refractivity contribution in [2.75, 3.05) is 0 Å². The van der Waals surface area contributed by atoms with Crippen LogP contribution >= 0.6 is 0 Å². The summed E-state index contributed by atoms with van der Waals surface area (Å²) in [5.41, 5.74) is 0. The molecule has 0 aliphatic heterocycles. The Morgan fingerprint density at radius 2 is 1.69 bits per heavy atom. The first-order valence-corrected chi connectivity index (χ1v) is 8.98. The number of hydrogen-bond donors (Lipinski definition) is 0. The molecule has 1 fully saturated rings. The molecular formula is C19H24F4O3. The van der Waals surface area contributed by atoms with Crippen molar-refractivity contribution in [1.29, 1.82) is 0 Å². The van der Waals surface area contributed by atoms with E-state index in [9.17, 15) is 22.4 Å². The summed E-state index contributed by atoms with van der Waals surface area (Å²) in [6, 6.07) is 4.87. The number of alkyl halides is 4. The average Bonchev–Trinajstić information content (AvgIpc) is 2.61. The van der Waals surface area contributed by atoms with Gasteiger partial charge in [-0.1, -0.05) is 26.2 Å². The van der Waals surface area contributed by atoms with Crippen molar-refractivity contribution in [3.63, 3.8) is 0 Å². The average molecular weight is 376 g/mol. The molecule has 146 valence electrons. The van der Waals surface area contributed by atoms with E-state index < -0.39 is 12.5 Å². The highest BCUT2D eigenvalue weighted by atomic mass is 19.4. The fourth-order valence-corrected chi connectivity index (χ4v) is 3.15. The second-order valence-electron chi connectivity index (χ2n) is 6.73. The minimum absolute atomic E-state index is 0.149. The summed E-state index contributed by atoms with van der Waals surface area (Å²) in [6.07, 6.45) is -1.26. The normalized spacial score (nSPS) is 21.9. The molecule has 1 atom stereocenters. The largest absolute Gasteiger partial charge is 0.457 e. The van der Waals surface area contributed by atoms with Gasteiger partial charge >= 0.3 is 18.5 Å². The Hall–Kier alpha value is -1.79. The zero-order chi connectivity index (χ0) is 19.2. The van der Waals surface area contributed by atoms with Gasteiger partial charge in [-0.2, -0.15) is 17.6 Å². The van der Waals surface area contributed by atoms with Crippen molar-refractivity contribution in [2.45, 2.75) is 64.4 Å². The Morgan fingerprint density at radius 1 is 1.12 bits per heavy atom. The molecule has 3 nitrogen and oxygen atoms in total. The number of unbranched alkanes of at least 4 members (excludes halogenated alkanes) is 1. The first-order valence-electron chi connectivity index (χ1n) is 8.98. The molecule has 26 heavy (non-hydrogen) atoms. The van der Waals surface area contributed by atoms with Crippen LogP contribution in [-0.2, 0) is 4.79 Å². The Morgan fingerprint density at radius 3 is 2.23 bits per heavy atom. The van der Waals surface area contributed by atoms with E-state index in [-0.39, 0.29) is 23.4 Å². The lowest BCUT2D eigenvalue weighted by Crippen LogP contribution is -2.29. The van der Waals surface area contributed by atoms with Crippen molar-refractivity contribution in [3.8, 4) is 11.5 Å². The highest BCUT2D eigenvalue weighted by Crippen LogP contribution is 2.33. The number of ether oxygens (including phenoxy) is 2. The summed E-state index contributed by atoms with van der Waals surface area (Å²) in [6.45, 7) is 2.16. The van der Waals surface area contributed by atoms with Crippen molar-refractivity contribution in [1.82, 2.24) is 0 Å². The second kappa shape index (κ2) is 9.24. The van der Waals surface area contributed by atoms with Gasteiger partial charge in [0, 0.05) is 0 Å². The van der Waals surface area contributed by atoms with Gasteiger partial charge in [0.15, 0.2) is 0 Å². The molecule has 0 saturated heterocycles. The maximum absolute atomic E-state index is 12.8. The summed E-state index contributed by atoms with van der Waals surface area (Å²) >= 11 is 0. The van der Waals surface area contributed by atoms with Crippen LogP contribution in [0.2, 0.25) is 0 Å². The van der Waals surface area contributed by atoms with Crippen molar-refractivity contribution >= 4 is 5.97 Å². The van der Waals surface area contributed by atoms with Crippen LogP contribution in [0.5, 0.6) is 11.5 Å². The third-order valence-corrected chi connectivity index (χ3v) is 4.69. The number of esters is 1. The lowest BCUT2D eigenvalue weighted by atomic mass is 9.80. The predicted molar refractivity (Wildman–Crippen MR) is 88.6 cm³/mol. The molecule has 0 N–H and O–H groups in total. The van der Waals surface area contributed by atoms with Gasteiger partial charge in [-0.3, -0.25) is 4.79 Å². The molecule has 1 aromatic rings. The molecule has 1 aromatic carbocycles.